The van der Waals surface area contributed by atoms with Gasteiger partial charge in [-0.25, -0.2) is 9.97 Å². The molecule has 6 rings (SSSR count). The van der Waals surface area contributed by atoms with E-state index in [2.05, 4.69) is 27.1 Å². The lowest BCUT2D eigenvalue weighted by molar-refractivity contribution is -0.647. The van der Waals surface area contributed by atoms with Crippen LogP contribution in [0.4, 0.5) is 10.8 Å². The third-order valence-corrected chi connectivity index (χ3v) is 8.98. The maximum absolute atomic E-state index is 13.4. The summed E-state index contributed by atoms with van der Waals surface area (Å²) in [4.78, 5) is 39.7. The van der Waals surface area contributed by atoms with E-state index in [-0.39, 0.29) is 11.9 Å². The lowest BCUT2D eigenvalue weighted by Crippen LogP contribution is -2.44. The average Bonchev–Trinajstić information content (AvgIpc) is 3.83. The van der Waals surface area contributed by atoms with Crippen molar-refractivity contribution in [1.29, 1.82) is 0 Å². The van der Waals surface area contributed by atoms with Gasteiger partial charge < -0.3 is 9.15 Å². The zero-order chi connectivity index (χ0) is 28.9. The maximum atomic E-state index is 13.4. The molecule has 2 aromatic carbocycles. The summed E-state index contributed by atoms with van der Waals surface area (Å²) in [5.41, 5.74) is 2.88. The number of amides is 1. The second-order valence-electron chi connectivity index (χ2n) is 10.6. The topological polar surface area (TPSA) is 104 Å². The molecule has 2 atom stereocenters. The second-order valence-corrected chi connectivity index (χ2v) is 11.7. The van der Waals surface area contributed by atoms with Gasteiger partial charge in [-0.05, 0) is 55.5 Å². The van der Waals surface area contributed by atoms with E-state index in [4.69, 9.17) is 9.15 Å². The van der Waals surface area contributed by atoms with E-state index in [1.807, 2.05) is 41.5 Å². The van der Waals surface area contributed by atoms with Gasteiger partial charge in [0.1, 0.15) is 6.04 Å². The highest BCUT2D eigenvalue weighted by Crippen LogP contribution is 2.35. The average molecular weight is 588 g/mol. The van der Waals surface area contributed by atoms with Crippen LogP contribution in [0.3, 0.4) is 0 Å². The van der Waals surface area contributed by atoms with Crippen LogP contribution in [0.25, 0.3) is 11.3 Å². The minimum Gasteiger partial charge on any atom is -0.444 e. The molecule has 42 heavy (non-hydrogen) atoms. The van der Waals surface area contributed by atoms with Crippen LogP contribution in [0.2, 0.25) is 0 Å². The number of oxazole rings is 1. The minimum atomic E-state index is -0.204. The number of nitroso groups, excluding NO2 is 1. The number of carbonyl (C=O) groups excluding carboxylic acids is 1. The number of aromatic nitrogens is 2. The van der Waals surface area contributed by atoms with Crippen molar-refractivity contribution < 1.29 is 18.8 Å². The molecule has 0 bridgehead atoms. The van der Waals surface area contributed by atoms with Gasteiger partial charge in [-0.1, -0.05) is 19.1 Å². The van der Waals surface area contributed by atoms with Crippen LogP contribution >= 0.6 is 11.3 Å². The van der Waals surface area contributed by atoms with Crippen LogP contribution in [-0.2, 0) is 11.2 Å². The Labute approximate surface area is 248 Å². The van der Waals surface area contributed by atoms with Crippen molar-refractivity contribution in [3.05, 3.63) is 88.2 Å². The molecule has 0 saturated carbocycles. The third-order valence-electron chi connectivity index (χ3n) is 8.04. The molecule has 2 unspecified atom stereocenters. The molecule has 218 valence electrons. The molecular weight excluding hydrogens is 552 g/mol. The fourth-order valence-electron chi connectivity index (χ4n) is 5.79. The van der Waals surface area contributed by atoms with E-state index in [1.165, 1.54) is 17.7 Å². The molecule has 1 amide bonds. The van der Waals surface area contributed by atoms with Gasteiger partial charge in [0.25, 0.3) is 11.6 Å². The number of nitrogens with one attached hydrogen (secondary N) is 1. The van der Waals surface area contributed by atoms with E-state index in [0.717, 1.165) is 72.9 Å². The Balaban J connectivity index is 1.10. The SMILES string of the molecule is CCC(Cc1cnc(NC(=O)c2cccc(C3CCCN3[N+](=O)c3ccc(-c4cnco4)cc3)c2)s1)N1CCOCC1. The van der Waals surface area contributed by atoms with Gasteiger partial charge >= 0.3 is 0 Å². The normalized spacial score (nSPS) is 18.2. The largest absolute Gasteiger partial charge is 0.444 e. The van der Waals surface area contributed by atoms with Crippen molar-refractivity contribution in [2.45, 2.75) is 44.7 Å². The van der Waals surface area contributed by atoms with Crippen LogP contribution in [0, 0.1) is 4.91 Å². The Bertz CT molecular complexity index is 1500. The number of thiazole rings is 1. The molecule has 0 aliphatic carbocycles. The van der Waals surface area contributed by atoms with Crippen LogP contribution in [0.15, 0.2) is 71.7 Å². The Morgan fingerprint density at radius 2 is 1.98 bits per heavy atom. The van der Waals surface area contributed by atoms with Gasteiger partial charge in [-0.3, -0.25) is 15.0 Å². The van der Waals surface area contributed by atoms with Crippen molar-refractivity contribution in [3.63, 3.8) is 0 Å². The summed E-state index contributed by atoms with van der Waals surface area (Å²) < 4.78 is 10.9. The lowest BCUT2D eigenvalue weighted by Gasteiger charge is -2.33. The monoisotopic (exact) mass is 587 g/mol. The van der Waals surface area contributed by atoms with Crippen LogP contribution in [0.1, 0.15) is 53.0 Å². The van der Waals surface area contributed by atoms with Gasteiger partial charge in [0.15, 0.2) is 22.2 Å². The zero-order valence-electron chi connectivity index (χ0n) is 23.6. The molecule has 1 N–H and O–H groups in total. The number of hydrazine groups is 1. The molecule has 2 fully saturated rings. The first-order chi connectivity index (χ1) is 20.6. The third kappa shape index (κ3) is 6.28. The van der Waals surface area contributed by atoms with Gasteiger partial charge in [-0.15, -0.1) is 16.3 Å². The van der Waals surface area contributed by atoms with E-state index in [9.17, 15) is 9.70 Å². The maximum Gasteiger partial charge on any atom is 0.292 e. The Morgan fingerprint density at radius 3 is 2.74 bits per heavy atom. The summed E-state index contributed by atoms with van der Waals surface area (Å²) in [6.07, 6.45) is 8.59. The number of carbonyl (C=O) groups is 1. The molecule has 2 aliphatic heterocycles. The first-order valence-electron chi connectivity index (χ1n) is 14.5. The van der Waals surface area contributed by atoms with Gasteiger partial charge in [0.2, 0.25) is 0 Å². The standard InChI is InChI=1S/C31H34N6O4S/c1-2-25(35-13-15-40-16-14-35)18-27-19-33-31(42-27)34-30(38)24-6-3-5-23(17-24)28-7-4-12-36(28)37(39)26-10-8-22(9-11-26)29-20-32-21-41-29/h3,5-6,8-11,17,19-21,25,28H,2,4,7,12-16,18H2,1H3/p+1. The van der Waals surface area contributed by atoms with Gasteiger partial charge in [0.05, 0.1) is 30.9 Å². The highest BCUT2D eigenvalue weighted by Gasteiger charge is 2.37. The minimum absolute atomic E-state index is 0.123. The molecule has 0 radical (unpaired) electrons. The molecule has 2 saturated heterocycles. The number of ether oxygens (including phenoxy) is 1. The molecule has 4 heterocycles. The predicted molar refractivity (Wildman–Crippen MR) is 161 cm³/mol. The number of morpholine rings is 1. The fourth-order valence-corrected chi connectivity index (χ4v) is 6.67. The lowest BCUT2D eigenvalue weighted by atomic mass is 10.0. The van der Waals surface area contributed by atoms with Crippen molar-refractivity contribution in [2.24, 2.45) is 0 Å². The Kier molecular flexibility index (Phi) is 8.68. The van der Waals surface area contributed by atoms with Crippen LogP contribution in [-0.4, -0.2) is 69.5 Å². The van der Waals surface area contributed by atoms with E-state index < -0.39 is 0 Å². The number of benzene rings is 2. The van der Waals surface area contributed by atoms with Crippen molar-refractivity contribution >= 4 is 28.1 Å². The van der Waals surface area contributed by atoms with E-state index >= 15 is 0 Å². The summed E-state index contributed by atoms with van der Waals surface area (Å²) >= 11 is 1.53. The smallest absolute Gasteiger partial charge is 0.292 e. The van der Waals surface area contributed by atoms with Crippen molar-refractivity contribution in [3.8, 4) is 11.3 Å². The first-order valence-corrected chi connectivity index (χ1v) is 15.3. The second kappa shape index (κ2) is 12.9. The van der Waals surface area contributed by atoms with Gasteiger partial charge in [-0.2, -0.15) is 0 Å². The molecule has 4 aromatic rings. The van der Waals surface area contributed by atoms with E-state index in [1.54, 1.807) is 24.4 Å². The number of anilines is 1. The van der Waals surface area contributed by atoms with E-state index in [0.29, 0.717) is 34.7 Å². The van der Waals surface area contributed by atoms with Gasteiger partial charge in [0, 0.05) is 53.5 Å². The number of hydrogen-bond donors (Lipinski definition) is 1. The highest BCUT2D eigenvalue weighted by atomic mass is 32.1. The summed E-state index contributed by atoms with van der Waals surface area (Å²) in [7, 11) is 0. The summed E-state index contributed by atoms with van der Waals surface area (Å²) in [6.45, 7) is 6.32. The molecule has 2 aromatic heterocycles. The predicted octanol–water partition coefficient (Wildman–Crippen LogP) is 5.87. The molecule has 0 spiro atoms. The Morgan fingerprint density at radius 1 is 1.14 bits per heavy atom. The van der Waals surface area contributed by atoms with Crippen molar-refractivity contribution in [2.75, 3.05) is 38.2 Å². The number of nitrogens with zero attached hydrogens (tertiary/aromatic N) is 5. The van der Waals surface area contributed by atoms with Crippen LogP contribution in [0.5, 0.6) is 0 Å². The number of hydrogen-bond acceptors (Lipinski definition) is 8. The quantitative estimate of drug-likeness (QED) is 0.230. The Hall–Kier alpha value is -3.93. The molecule has 2 aliphatic rings. The zero-order valence-corrected chi connectivity index (χ0v) is 24.5. The fraction of sp³-hybridized carbons (Fsp3) is 0.387. The van der Waals surface area contributed by atoms with Crippen LogP contribution < -0.4 is 5.32 Å². The first kappa shape index (κ1) is 28.2. The van der Waals surface area contributed by atoms with Crippen molar-refractivity contribution in [1.82, 2.24) is 19.9 Å². The highest BCUT2D eigenvalue weighted by molar-refractivity contribution is 7.15. The summed E-state index contributed by atoms with van der Waals surface area (Å²) in [5.74, 6) is 0.449. The summed E-state index contributed by atoms with van der Waals surface area (Å²) in [5, 5.41) is 5.40. The summed E-state index contributed by atoms with van der Waals surface area (Å²) in [6, 6.07) is 15.2. The molecular formula is C31H35N6O4S+. The number of rotatable bonds is 10. The molecule has 11 heteroatoms. The molecule has 10 nitrogen and oxygen atoms in total.